The quantitative estimate of drug-likeness (QED) is 0.454. The van der Waals surface area contributed by atoms with Gasteiger partial charge in [-0.15, -0.1) is 0 Å². The van der Waals surface area contributed by atoms with Gasteiger partial charge in [0.1, 0.15) is 0 Å². The summed E-state index contributed by atoms with van der Waals surface area (Å²) < 4.78 is 0. The van der Waals surface area contributed by atoms with Crippen LogP contribution >= 0.6 is 0 Å². The Kier molecular flexibility index (Phi) is 1.01. The fraction of sp³-hybridized carbons (Fsp3) is 0.800. The summed E-state index contributed by atoms with van der Waals surface area (Å²) in [4.78, 5) is 10.3. The molecule has 1 atom stereocenters. The molecule has 46 valence electrons. The van der Waals surface area contributed by atoms with E-state index < -0.39 is 0 Å². The lowest BCUT2D eigenvalue weighted by Gasteiger charge is -2.37. The first-order valence-electron chi connectivity index (χ1n) is 2.76. The molecule has 1 amide bonds. The van der Waals surface area contributed by atoms with Crippen LogP contribution in [0.15, 0.2) is 0 Å². The minimum atomic E-state index is -0.364. The molecule has 0 aliphatic carbocycles. The highest BCUT2D eigenvalue weighted by Crippen LogP contribution is 2.15. The van der Waals surface area contributed by atoms with Gasteiger partial charge in [0, 0.05) is 0 Å². The number of hydrogen-bond donors (Lipinski definition) is 2. The van der Waals surface area contributed by atoms with E-state index in [1.54, 1.807) is 0 Å². The molecule has 0 aromatic rings. The van der Waals surface area contributed by atoms with Gasteiger partial charge in [0.2, 0.25) is 5.91 Å². The van der Waals surface area contributed by atoms with Gasteiger partial charge in [0.05, 0.1) is 12.1 Å². The Morgan fingerprint density at radius 3 is 2.62 bits per heavy atom. The van der Waals surface area contributed by atoms with Crippen LogP contribution in [0.1, 0.15) is 19.8 Å². The van der Waals surface area contributed by atoms with Crippen LogP contribution < -0.4 is 11.1 Å². The Hall–Kier alpha value is -0.570. The van der Waals surface area contributed by atoms with E-state index in [0.29, 0.717) is 6.42 Å². The fourth-order valence-electron chi connectivity index (χ4n) is 0.759. The van der Waals surface area contributed by atoms with Crippen LogP contribution in [-0.4, -0.2) is 11.6 Å². The first-order valence-corrected chi connectivity index (χ1v) is 2.76. The molecule has 1 saturated heterocycles. The largest absolute Gasteiger partial charge is 0.338 e. The molecule has 3 nitrogen and oxygen atoms in total. The molecule has 1 unspecified atom stereocenters. The van der Waals surface area contributed by atoms with Crippen LogP contribution in [0.5, 0.6) is 0 Å². The van der Waals surface area contributed by atoms with Gasteiger partial charge in [-0.1, -0.05) is 6.92 Å². The molecule has 0 spiro atoms. The molecule has 1 aliphatic heterocycles. The molecule has 3 heteroatoms. The summed E-state index contributed by atoms with van der Waals surface area (Å²) in [6.45, 7) is 1.96. The summed E-state index contributed by atoms with van der Waals surface area (Å²) >= 11 is 0. The molecule has 0 bridgehead atoms. The lowest BCUT2D eigenvalue weighted by atomic mass is 9.96. The molecule has 8 heavy (non-hydrogen) atoms. The maximum atomic E-state index is 10.3. The molecule has 0 radical (unpaired) electrons. The van der Waals surface area contributed by atoms with E-state index in [2.05, 4.69) is 5.32 Å². The van der Waals surface area contributed by atoms with Crippen molar-refractivity contribution in [3.05, 3.63) is 0 Å². The zero-order chi connectivity index (χ0) is 6.20. The number of carbonyl (C=O) groups is 1. The summed E-state index contributed by atoms with van der Waals surface area (Å²) in [5.74, 6) is 0.0642. The molecule has 1 aliphatic rings. The van der Waals surface area contributed by atoms with Crippen LogP contribution in [-0.2, 0) is 4.79 Å². The van der Waals surface area contributed by atoms with Crippen LogP contribution in [0.25, 0.3) is 0 Å². The van der Waals surface area contributed by atoms with Gasteiger partial charge in [-0.2, -0.15) is 0 Å². The highest BCUT2D eigenvalue weighted by atomic mass is 16.2. The number of β-lactam (4-membered cyclic amide) rings is 1. The highest BCUT2D eigenvalue weighted by molar-refractivity contribution is 5.84. The van der Waals surface area contributed by atoms with E-state index in [1.165, 1.54) is 0 Å². The Labute approximate surface area is 48.2 Å². The Morgan fingerprint density at radius 1 is 2.00 bits per heavy atom. The minimum absolute atomic E-state index is 0.0642. The molecule has 0 aromatic heterocycles. The monoisotopic (exact) mass is 114 g/mol. The second-order valence-electron chi connectivity index (χ2n) is 2.23. The summed E-state index contributed by atoms with van der Waals surface area (Å²) in [6.07, 6.45) is 1.31. The second kappa shape index (κ2) is 1.45. The van der Waals surface area contributed by atoms with Crippen molar-refractivity contribution in [3.8, 4) is 0 Å². The van der Waals surface area contributed by atoms with Crippen LogP contribution in [0.2, 0.25) is 0 Å². The maximum Gasteiger partial charge on any atom is 0.225 e. The van der Waals surface area contributed by atoms with Gasteiger partial charge in [0.25, 0.3) is 0 Å². The number of hydrogen-bond acceptors (Lipinski definition) is 2. The standard InChI is InChI=1S/C5H10N2O/c1-2-5(6)3-4(8)7-5/h2-3,6H2,1H3,(H,7,8). The summed E-state index contributed by atoms with van der Waals surface area (Å²) in [5.41, 5.74) is 5.20. The number of amides is 1. The smallest absolute Gasteiger partial charge is 0.225 e. The van der Waals surface area contributed by atoms with Crippen molar-refractivity contribution in [1.29, 1.82) is 0 Å². The molecule has 3 N–H and O–H groups in total. The zero-order valence-corrected chi connectivity index (χ0v) is 4.90. The minimum Gasteiger partial charge on any atom is -0.338 e. The average molecular weight is 114 g/mol. The number of carbonyl (C=O) groups excluding carboxylic acids is 1. The lowest BCUT2D eigenvalue weighted by Crippen LogP contribution is -2.66. The topological polar surface area (TPSA) is 55.1 Å². The van der Waals surface area contributed by atoms with Gasteiger partial charge in [0.15, 0.2) is 0 Å². The summed E-state index contributed by atoms with van der Waals surface area (Å²) in [7, 11) is 0. The predicted octanol–water partition coefficient (Wildman–Crippen LogP) is -0.429. The number of nitrogens with two attached hydrogens (primary N) is 1. The van der Waals surface area contributed by atoms with E-state index in [0.717, 1.165) is 6.42 Å². The van der Waals surface area contributed by atoms with Gasteiger partial charge in [-0.3, -0.25) is 4.79 Å². The third kappa shape index (κ3) is 0.690. The van der Waals surface area contributed by atoms with Crippen molar-refractivity contribution in [2.75, 3.05) is 0 Å². The molecule has 0 saturated carbocycles. The van der Waals surface area contributed by atoms with Crippen LogP contribution in [0, 0.1) is 0 Å². The van der Waals surface area contributed by atoms with Gasteiger partial charge in [-0.25, -0.2) is 0 Å². The summed E-state index contributed by atoms with van der Waals surface area (Å²) in [5, 5.41) is 2.61. The zero-order valence-electron chi connectivity index (χ0n) is 4.90. The normalized spacial score (nSPS) is 36.0. The van der Waals surface area contributed by atoms with Crippen molar-refractivity contribution in [2.45, 2.75) is 25.4 Å². The third-order valence-corrected chi connectivity index (χ3v) is 1.50. The second-order valence-corrected chi connectivity index (χ2v) is 2.23. The highest BCUT2D eigenvalue weighted by Gasteiger charge is 2.36. The van der Waals surface area contributed by atoms with Gasteiger partial charge >= 0.3 is 0 Å². The fourth-order valence-corrected chi connectivity index (χ4v) is 0.759. The molecule has 0 aromatic carbocycles. The van der Waals surface area contributed by atoms with E-state index in [9.17, 15) is 4.79 Å². The average Bonchev–Trinajstić information content (AvgIpc) is 1.63. The van der Waals surface area contributed by atoms with Gasteiger partial charge < -0.3 is 11.1 Å². The van der Waals surface area contributed by atoms with Crippen molar-refractivity contribution in [2.24, 2.45) is 5.73 Å². The lowest BCUT2D eigenvalue weighted by molar-refractivity contribution is -0.132. The van der Waals surface area contributed by atoms with E-state index >= 15 is 0 Å². The Morgan fingerprint density at radius 2 is 2.50 bits per heavy atom. The molecule has 1 heterocycles. The summed E-state index contributed by atoms with van der Waals surface area (Å²) in [6, 6.07) is 0. The number of rotatable bonds is 1. The van der Waals surface area contributed by atoms with Crippen LogP contribution in [0.3, 0.4) is 0 Å². The van der Waals surface area contributed by atoms with Crippen molar-refractivity contribution < 1.29 is 4.79 Å². The predicted molar refractivity (Wildman–Crippen MR) is 30.0 cm³/mol. The van der Waals surface area contributed by atoms with E-state index in [-0.39, 0.29) is 11.6 Å². The molecular formula is C5H10N2O. The number of nitrogens with one attached hydrogen (secondary N) is 1. The SMILES string of the molecule is CCC1(N)CC(=O)N1. The van der Waals surface area contributed by atoms with E-state index in [4.69, 9.17) is 5.73 Å². The van der Waals surface area contributed by atoms with Gasteiger partial charge in [-0.05, 0) is 6.42 Å². The van der Waals surface area contributed by atoms with Crippen molar-refractivity contribution in [1.82, 2.24) is 5.32 Å². The Balaban J connectivity index is 2.40. The molecule has 1 fully saturated rings. The first-order chi connectivity index (χ1) is 3.66. The first kappa shape index (κ1) is 5.56. The molecule has 1 rings (SSSR count). The maximum absolute atomic E-state index is 10.3. The Bertz CT molecular complexity index is 114. The van der Waals surface area contributed by atoms with Crippen molar-refractivity contribution >= 4 is 5.91 Å². The van der Waals surface area contributed by atoms with E-state index in [1.807, 2.05) is 6.92 Å². The third-order valence-electron chi connectivity index (χ3n) is 1.50. The van der Waals surface area contributed by atoms with Crippen molar-refractivity contribution in [3.63, 3.8) is 0 Å². The molecular weight excluding hydrogens is 104 g/mol. The van der Waals surface area contributed by atoms with Crippen LogP contribution in [0.4, 0.5) is 0 Å².